The largest absolute Gasteiger partial charge is 0.494 e. The number of benzene rings is 1. The molecule has 0 spiro atoms. The number of nitrogens with one attached hydrogen (secondary N) is 1. The van der Waals surface area contributed by atoms with Gasteiger partial charge in [-0.1, -0.05) is 6.58 Å². The van der Waals surface area contributed by atoms with Gasteiger partial charge in [-0.05, 0) is 36.4 Å². The SMILES string of the molecule is C=Cc1nc(C(=O)CNC(=O)c2ccc(OC)c(OC)c2)ccc1OC. The first-order valence-corrected chi connectivity index (χ1v) is 7.75. The molecular formula is C19H20N2O5. The van der Waals surface area contributed by atoms with E-state index >= 15 is 0 Å². The van der Waals surface area contributed by atoms with Crippen LogP contribution in [0.3, 0.4) is 0 Å². The molecule has 0 saturated carbocycles. The lowest BCUT2D eigenvalue weighted by Gasteiger charge is -2.10. The Hall–Kier alpha value is -3.35. The fourth-order valence-corrected chi connectivity index (χ4v) is 2.27. The predicted octanol–water partition coefficient (Wildman–Crippen LogP) is 2.36. The number of ether oxygens (including phenoxy) is 3. The number of hydrogen-bond donors (Lipinski definition) is 1. The second-order valence-corrected chi connectivity index (χ2v) is 5.16. The summed E-state index contributed by atoms with van der Waals surface area (Å²) in [4.78, 5) is 28.7. The van der Waals surface area contributed by atoms with Gasteiger partial charge in [0.2, 0.25) is 0 Å². The van der Waals surface area contributed by atoms with E-state index in [1.165, 1.54) is 33.5 Å². The molecule has 1 aromatic heterocycles. The molecule has 0 radical (unpaired) electrons. The van der Waals surface area contributed by atoms with E-state index < -0.39 is 5.91 Å². The monoisotopic (exact) mass is 356 g/mol. The van der Waals surface area contributed by atoms with Crippen molar-refractivity contribution in [3.63, 3.8) is 0 Å². The van der Waals surface area contributed by atoms with Gasteiger partial charge in [0.15, 0.2) is 17.3 Å². The minimum atomic E-state index is -0.406. The Morgan fingerprint density at radius 1 is 1.04 bits per heavy atom. The normalized spacial score (nSPS) is 9.96. The Balaban J connectivity index is 2.07. The van der Waals surface area contributed by atoms with Gasteiger partial charge in [-0.25, -0.2) is 4.98 Å². The number of carbonyl (C=O) groups excluding carboxylic acids is 2. The summed E-state index contributed by atoms with van der Waals surface area (Å²) in [5.41, 5.74) is 1.03. The predicted molar refractivity (Wildman–Crippen MR) is 97.1 cm³/mol. The molecule has 1 aromatic carbocycles. The summed E-state index contributed by atoms with van der Waals surface area (Å²) < 4.78 is 15.4. The first kappa shape index (κ1) is 19.0. The molecule has 1 amide bonds. The van der Waals surface area contributed by atoms with Crippen LogP contribution in [0, 0.1) is 0 Å². The number of carbonyl (C=O) groups is 2. The Labute approximate surface area is 151 Å². The van der Waals surface area contributed by atoms with E-state index in [2.05, 4.69) is 16.9 Å². The Bertz CT molecular complexity index is 833. The van der Waals surface area contributed by atoms with Crippen LogP contribution in [0.15, 0.2) is 36.9 Å². The molecule has 0 bridgehead atoms. The fraction of sp³-hybridized carbons (Fsp3) is 0.211. The molecule has 0 fully saturated rings. The molecule has 7 nitrogen and oxygen atoms in total. The number of nitrogens with zero attached hydrogens (tertiary/aromatic N) is 1. The first-order valence-electron chi connectivity index (χ1n) is 7.75. The summed E-state index contributed by atoms with van der Waals surface area (Å²) in [6.45, 7) is 3.45. The van der Waals surface area contributed by atoms with Gasteiger partial charge in [-0.15, -0.1) is 0 Å². The summed E-state index contributed by atoms with van der Waals surface area (Å²) in [6.07, 6.45) is 1.50. The topological polar surface area (TPSA) is 86.8 Å². The van der Waals surface area contributed by atoms with E-state index in [0.29, 0.717) is 28.5 Å². The van der Waals surface area contributed by atoms with Crippen LogP contribution in [0.1, 0.15) is 26.5 Å². The first-order chi connectivity index (χ1) is 12.5. The number of aromatic nitrogens is 1. The van der Waals surface area contributed by atoms with E-state index in [9.17, 15) is 9.59 Å². The van der Waals surface area contributed by atoms with Crippen molar-refractivity contribution in [2.24, 2.45) is 0 Å². The minimum Gasteiger partial charge on any atom is -0.494 e. The van der Waals surface area contributed by atoms with E-state index in [-0.39, 0.29) is 18.0 Å². The van der Waals surface area contributed by atoms with Gasteiger partial charge in [0.05, 0.1) is 27.9 Å². The average molecular weight is 356 g/mol. The van der Waals surface area contributed by atoms with Gasteiger partial charge in [0.1, 0.15) is 17.1 Å². The molecule has 0 aliphatic rings. The lowest BCUT2D eigenvalue weighted by molar-refractivity contribution is 0.0902. The average Bonchev–Trinajstić information content (AvgIpc) is 2.70. The summed E-state index contributed by atoms with van der Waals surface area (Å²) in [7, 11) is 4.50. The quantitative estimate of drug-likeness (QED) is 0.731. The van der Waals surface area contributed by atoms with E-state index in [1.807, 2.05) is 0 Å². The molecule has 0 atom stereocenters. The van der Waals surface area contributed by atoms with Crippen molar-refractivity contribution >= 4 is 17.8 Å². The van der Waals surface area contributed by atoms with Crippen molar-refractivity contribution in [3.05, 3.63) is 53.9 Å². The van der Waals surface area contributed by atoms with Crippen LogP contribution in [0.2, 0.25) is 0 Å². The highest BCUT2D eigenvalue weighted by Gasteiger charge is 2.14. The van der Waals surface area contributed by atoms with Crippen LogP contribution in [0.4, 0.5) is 0 Å². The number of pyridine rings is 1. The van der Waals surface area contributed by atoms with Crippen LogP contribution in [-0.2, 0) is 0 Å². The molecule has 0 aliphatic carbocycles. The molecule has 0 unspecified atom stereocenters. The number of rotatable bonds is 8. The number of ketones is 1. The third-order valence-corrected chi connectivity index (χ3v) is 3.64. The van der Waals surface area contributed by atoms with E-state index in [1.54, 1.807) is 24.3 Å². The van der Waals surface area contributed by atoms with Crippen LogP contribution >= 0.6 is 0 Å². The van der Waals surface area contributed by atoms with Crippen molar-refractivity contribution < 1.29 is 23.8 Å². The van der Waals surface area contributed by atoms with Gasteiger partial charge >= 0.3 is 0 Å². The van der Waals surface area contributed by atoms with Crippen LogP contribution in [0.25, 0.3) is 6.08 Å². The van der Waals surface area contributed by atoms with E-state index in [0.717, 1.165) is 0 Å². The standard InChI is InChI=1S/C19H20N2O5/c1-5-13-16(24-2)9-7-14(21-13)15(22)11-20-19(23)12-6-8-17(25-3)18(10-12)26-4/h5-10H,1,11H2,2-4H3,(H,20,23). The van der Waals surface area contributed by atoms with E-state index in [4.69, 9.17) is 14.2 Å². The Kier molecular flexibility index (Phi) is 6.32. The zero-order chi connectivity index (χ0) is 19.1. The molecule has 2 rings (SSSR count). The van der Waals surface area contributed by atoms with Crippen molar-refractivity contribution in [1.82, 2.24) is 10.3 Å². The Morgan fingerprint density at radius 3 is 2.31 bits per heavy atom. The minimum absolute atomic E-state index is 0.191. The zero-order valence-corrected chi connectivity index (χ0v) is 14.9. The summed E-state index contributed by atoms with van der Waals surface area (Å²) in [5, 5.41) is 2.57. The number of Topliss-reactive ketones (excluding diaryl/α,β-unsaturated/α-hetero) is 1. The Morgan fingerprint density at radius 2 is 1.69 bits per heavy atom. The molecule has 2 aromatic rings. The maximum atomic E-state index is 12.3. The highest BCUT2D eigenvalue weighted by atomic mass is 16.5. The highest BCUT2D eigenvalue weighted by Crippen LogP contribution is 2.27. The van der Waals surface area contributed by atoms with Crippen molar-refractivity contribution in [3.8, 4) is 17.2 Å². The molecule has 1 heterocycles. The number of methoxy groups -OCH3 is 3. The van der Waals surface area contributed by atoms with Crippen molar-refractivity contribution in [2.75, 3.05) is 27.9 Å². The van der Waals surface area contributed by atoms with Crippen LogP contribution < -0.4 is 19.5 Å². The third-order valence-electron chi connectivity index (χ3n) is 3.64. The molecule has 0 aliphatic heterocycles. The summed E-state index contributed by atoms with van der Waals surface area (Å²) >= 11 is 0. The smallest absolute Gasteiger partial charge is 0.251 e. The third kappa shape index (κ3) is 4.18. The lowest BCUT2D eigenvalue weighted by atomic mass is 10.1. The molecular weight excluding hydrogens is 336 g/mol. The lowest BCUT2D eigenvalue weighted by Crippen LogP contribution is -2.30. The van der Waals surface area contributed by atoms with Crippen LogP contribution in [-0.4, -0.2) is 44.5 Å². The summed E-state index contributed by atoms with van der Waals surface area (Å²) in [5.74, 6) is 0.727. The van der Waals surface area contributed by atoms with Crippen LogP contribution in [0.5, 0.6) is 17.2 Å². The van der Waals surface area contributed by atoms with Crippen molar-refractivity contribution in [2.45, 2.75) is 0 Å². The molecule has 7 heteroatoms. The summed E-state index contributed by atoms with van der Waals surface area (Å²) in [6, 6.07) is 7.92. The van der Waals surface area contributed by atoms with Crippen molar-refractivity contribution in [1.29, 1.82) is 0 Å². The molecule has 26 heavy (non-hydrogen) atoms. The highest BCUT2D eigenvalue weighted by molar-refractivity contribution is 6.01. The van der Waals surface area contributed by atoms with Gasteiger partial charge in [0.25, 0.3) is 5.91 Å². The van der Waals surface area contributed by atoms with Gasteiger partial charge < -0.3 is 19.5 Å². The zero-order valence-electron chi connectivity index (χ0n) is 14.9. The van der Waals surface area contributed by atoms with Gasteiger partial charge in [-0.2, -0.15) is 0 Å². The second-order valence-electron chi connectivity index (χ2n) is 5.16. The molecule has 1 N–H and O–H groups in total. The van der Waals surface area contributed by atoms with Gasteiger partial charge in [-0.3, -0.25) is 9.59 Å². The number of amides is 1. The maximum absolute atomic E-state index is 12.3. The second kappa shape index (κ2) is 8.66. The fourth-order valence-electron chi connectivity index (χ4n) is 2.27. The number of hydrogen-bond acceptors (Lipinski definition) is 6. The molecule has 0 saturated heterocycles. The molecule has 136 valence electrons. The maximum Gasteiger partial charge on any atom is 0.251 e. The van der Waals surface area contributed by atoms with Gasteiger partial charge in [0, 0.05) is 5.56 Å².